The summed E-state index contributed by atoms with van der Waals surface area (Å²) in [6.45, 7) is 14.5. The second kappa shape index (κ2) is 14.6. The Hall–Kier alpha value is -4.40. The summed E-state index contributed by atoms with van der Waals surface area (Å²) in [7, 11) is 1.86. The molecule has 1 atom stereocenters. The van der Waals surface area contributed by atoms with Gasteiger partial charge in [-0.1, -0.05) is 44.2 Å². The Morgan fingerprint density at radius 1 is 1.06 bits per heavy atom. The van der Waals surface area contributed by atoms with Gasteiger partial charge in [-0.05, 0) is 93.3 Å². The summed E-state index contributed by atoms with van der Waals surface area (Å²) in [5.41, 5.74) is 10.1. The van der Waals surface area contributed by atoms with E-state index >= 15 is 0 Å². The maximum absolute atomic E-state index is 12.9. The molecular formula is C39H44N6O3S. The van der Waals surface area contributed by atoms with Crippen molar-refractivity contribution in [2.45, 2.75) is 66.7 Å². The molecule has 0 aliphatic carbocycles. The normalized spacial score (nSPS) is 13.4. The molecule has 0 unspecified atom stereocenters. The number of hydrogen-bond acceptors (Lipinski definition) is 9. The van der Waals surface area contributed by atoms with E-state index in [9.17, 15) is 15.2 Å². The minimum absolute atomic E-state index is 0.0164. The molecule has 3 heterocycles. The third kappa shape index (κ3) is 6.90. The van der Waals surface area contributed by atoms with Crippen LogP contribution in [0.15, 0.2) is 52.9 Å². The van der Waals surface area contributed by atoms with E-state index in [1.54, 1.807) is 11.3 Å². The van der Waals surface area contributed by atoms with Crippen LogP contribution in [0, 0.1) is 25.2 Å². The van der Waals surface area contributed by atoms with Crippen LogP contribution in [0.2, 0.25) is 0 Å². The van der Waals surface area contributed by atoms with E-state index in [0.29, 0.717) is 35.6 Å². The van der Waals surface area contributed by atoms with Gasteiger partial charge in [0.1, 0.15) is 16.6 Å². The van der Waals surface area contributed by atoms with Crippen LogP contribution in [0.5, 0.6) is 0 Å². The Balaban J connectivity index is 1.27. The highest BCUT2D eigenvalue weighted by molar-refractivity contribution is 7.15. The molecule has 0 saturated heterocycles. The van der Waals surface area contributed by atoms with E-state index < -0.39 is 0 Å². The molecule has 9 nitrogen and oxygen atoms in total. The van der Waals surface area contributed by atoms with E-state index in [1.807, 2.05) is 48.0 Å². The predicted molar refractivity (Wildman–Crippen MR) is 195 cm³/mol. The first kappa shape index (κ1) is 34.5. The highest BCUT2D eigenvalue weighted by atomic mass is 32.1. The van der Waals surface area contributed by atoms with Gasteiger partial charge in [0, 0.05) is 28.6 Å². The molecule has 0 fully saturated rings. The van der Waals surface area contributed by atoms with Crippen LogP contribution in [0.3, 0.4) is 0 Å². The van der Waals surface area contributed by atoms with Crippen LogP contribution in [0.25, 0.3) is 44.3 Å². The topological polar surface area (TPSA) is 110 Å². The second-order valence-electron chi connectivity index (χ2n) is 13.0. The van der Waals surface area contributed by atoms with Gasteiger partial charge in [-0.25, -0.2) is 9.97 Å². The number of nitriles is 1. The van der Waals surface area contributed by atoms with Gasteiger partial charge in [-0.2, -0.15) is 5.26 Å². The summed E-state index contributed by atoms with van der Waals surface area (Å²) in [4.78, 5) is 30.0. The molecule has 0 bridgehead atoms. The molecular weight excluding hydrogens is 633 g/mol. The van der Waals surface area contributed by atoms with Crippen LogP contribution in [-0.2, 0) is 24.4 Å². The Labute approximate surface area is 292 Å². The number of aromatic nitrogens is 2. The molecule has 0 spiro atoms. The second-order valence-corrected chi connectivity index (χ2v) is 14.1. The third-order valence-electron chi connectivity index (χ3n) is 9.69. The number of benzene rings is 3. The van der Waals surface area contributed by atoms with Crippen molar-refractivity contribution >= 4 is 28.3 Å². The van der Waals surface area contributed by atoms with Crippen LogP contribution in [-0.4, -0.2) is 75.0 Å². The smallest absolute Gasteiger partial charge is 0.237 e. The maximum atomic E-state index is 12.9. The standard InChI is InChI=1S/C39H44N6O3S/c1-7-15-44(8-2)19-27-16-28(18-40)37-33(17-27)41-38(48-37)31-13-9-11-29(25(31)4)30-12-10-14-32(26(30)5)39-42-34-20-45(21-35(34)49-39)36(47)22-43(6)24(3)23-46/h9-14,16-17,24,46H,7-8,15,19-23H2,1-6H3/t24-/m0/s1. The number of carbonyl (C=O) groups is 1. The third-order valence-corrected chi connectivity index (χ3v) is 10.8. The van der Waals surface area contributed by atoms with Crippen LogP contribution < -0.4 is 0 Å². The summed E-state index contributed by atoms with van der Waals surface area (Å²) in [5.74, 6) is 0.548. The maximum Gasteiger partial charge on any atom is 0.237 e. The summed E-state index contributed by atoms with van der Waals surface area (Å²) in [6.07, 6.45) is 1.07. The fourth-order valence-electron chi connectivity index (χ4n) is 6.56. The Kier molecular flexibility index (Phi) is 10.3. The molecule has 2 aromatic heterocycles. The van der Waals surface area contributed by atoms with Crippen molar-refractivity contribution in [3.63, 3.8) is 0 Å². The lowest BCUT2D eigenvalue weighted by molar-refractivity contribution is -0.133. The van der Waals surface area contributed by atoms with Crippen molar-refractivity contribution in [3.8, 4) is 39.2 Å². The Morgan fingerprint density at radius 3 is 2.41 bits per heavy atom. The first-order chi connectivity index (χ1) is 23.6. The number of rotatable bonds is 12. The van der Waals surface area contributed by atoms with E-state index in [1.165, 1.54) is 0 Å². The summed E-state index contributed by atoms with van der Waals surface area (Å²) in [5, 5.41) is 20.4. The molecule has 0 saturated carbocycles. The number of nitrogens with zero attached hydrogens (tertiary/aromatic N) is 6. The first-order valence-electron chi connectivity index (χ1n) is 17.0. The van der Waals surface area contributed by atoms with Crippen molar-refractivity contribution in [1.82, 2.24) is 24.7 Å². The molecule has 1 aliphatic rings. The zero-order valence-electron chi connectivity index (χ0n) is 29.2. The molecule has 6 rings (SSSR count). The van der Waals surface area contributed by atoms with Gasteiger partial charge < -0.3 is 14.4 Å². The molecule has 1 amide bonds. The SMILES string of the molecule is CCCN(CC)Cc1cc(C#N)c2oc(-c3cccc(-c4cccc(-c5nc6c(s5)CN(C(=O)CN(C)[C@@H](C)CO)C6)c4C)c3C)nc2c1. The molecule has 10 heteroatoms. The molecule has 1 aliphatic heterocycles. The fourth-order valence-corrected chi connectivity index (χ4v) is 7.73. The number of likely N-dealkylation sites (N-methyl/N-ethyl adjacent to an activating group) is 1. The minimum Gasteiger partial charge on any atom is -0.435 e. The summed E-state index contributed by atoms with van der Waals surface area (Å²) >= 11 is 1.65. The molecule has 5 aromatic rings. The first-order valence-corrected chi connectivity index (χ1v) is 17.8. The van der Waals surface area contributed by atoms with Crippen LogP contribution in [0.4, 0.5) is 0 Å². The highest BCUT2D eigenvalue weighted by Gasteiger charge is 2.29. The number of aliphatic hydroxyl groups excluding tert-OH is 1. The zero-order chi connectivity index (χ0) is 34.8. The summed E-state index contributed by atoms with van der Waals surface area (Å²) in [6, 6.07) is 18.7. The summed E-state index contributed by atoms with van der Waals surface area (Å²) < 4.78 is 6.31. The number of fused-ring (bicyclic) bond motifs is 2. The fraction of sp³-hybridized carbons (Fsp3) is 0.385. The number of carbonyl (C=O) groups excluding carboxylic acids is 1. The van der Waals surface area contributed by atoms with Crippen LogP contribution >= 0.6 is 11.3 Å². The van der Waals surface area contributed by atoms with E-state index in [2.05, 4.69) is 62.9 Å². The van der Waals surface area contributed by atoms with Crippen molar-refractivity contribution in [2.75, 3.05) is 33.3 Å². The number of oxazole rings is 1. The van der Waals surface area contributed by atoms with Gasteiger partial charge in [0.25, 0.3) is 0 Å². The van der Waals surface area contributed by atoms with Gasteiger partial charge in [-0.3, -0.25) is 14.6 Å². The lowest BCUT2D eigenvalue weighted by Crippen LogP contribution is -2.41. The van der Waals surface area contributed by atoms with E-state index in [4.69, 9.17) is 14.4 Å². The predicted octanol–water partition coefficient (Wildman–Crippen LogP) is 7.16. The van der Waals surface area contributed by atoms with E-state index in [-0.39, 0.29) is 25.1 Å². The van der Waals surface area contributed by atoms with Gasteiger partial charge >= 0.3 is 0 Å². The zero-order valence-corrected chi connectivity index (χ0v) is 30.0. The van der Waals surface area contributed by atoms with Gasteiger partial charge in [0.15, 0.2) is 5.58 Å². The van der Waals surface area contributed by atoms with Gasteiger partial charge in [0.2, 0.25) is 11.8 Å². The van der Waals surface area contributed by atoms with Crippen LogP contribution in [0.1, 0.15) is 60.0 Å². The highest BCUT2D eigenvalue weighted by Crippen LogP contribution is 2.40. The lowest BCUT2D eigenvalue weighted by atomic mass is 9.91. The molecule has 3 aromatic carbocycles. The molecule has 1 N–H and O–H groups in total. The largest absolute Gasteiger partial charge is 0.435 e. The Bertz CT molecular complexity index is 2020. The number of aliphatic hydroxyl groups is 1. The number of thiazole rings is 1. The molecule has 49 heavy (non-hydrogen) atoms. The molecule has 254 valence electrons. The average Bonchev–Trinajstić information content (AvgIpc) is 3.81. The van der Waals surface area contributed by atoms with Gasteiger partial charge in [0.05, 0.1) is 37.5 Å². The monoisotopic (exact) mass is 676 g/mol. The van der Waals surface area contributed by atoms with Crippen molar-refractivity contribution in [1.29, 1.82) is 5.26 Å². The lowest BCUT2D eigenvalue weighted by Gasteiger charge is -2.25. The van der Waals surface area contributed by atoms with Gasteiger partial charge in [-0.15, -0.1) is 11.3 Å². The average molecular weight is 677 g/mol. The Morgan fingerprint density at radius 2 is 1.76 bits per heavy atom. The van der Waals surface area contributed by atoms with Crippen molar-refractivity contribution in [3.05, 3.63) is 81.4 Å². The van der Waals surface area contributed by atoms with E-state index in [0.717, 1.165) is 80.6 Å². The number of amides is 1. The quantitative estimate of drug-likeness (QED) is 0.148. The van der Waals surface area contributed by atoms with Crippen molar-refractivity contribution < 1.29 is 14.3 Å². The molecule has 0 radical (unpaired) electrons. The minimum atomic E-state index is -0.0723. The van der Waals surface area contributed by atoms with Crippen molar-refractivity contribution in [2.24, 2.45) is 0 Å². The number of hydrogen-bond donors (Lipinski definition) is 1.